The summed E-state index contributed by atoms with van der Waals surface area (Å²) in [6.45, 7) is -2.18. The third-order valence-corrected chi connectivity index (χ3v) is 1.93. The van der Waals surface area contributed by atoms with Crippen LogP contribution in [0.5, 0.6) is 5.75 Å². The molecule has 1 rings (SSSR count). The van der Waals surface area contributed by atoms with Gasteiger partial charge in [0, 0.05) is 5.56 Å². The summed E-state index contributed by atoms with van der Waals surface area (Å²) in [6, 6.07) is 2.77. The average Bonchev–Trinajstić information content (AvgIpc) is 2.27. The fraction of sp³-hybridized carbons (Fsp3) is 0.400. The summed E-state index contributed by atoms with van der Waals surface area (Å²) in [5.74, 6) is -5.24. The van der Waals surface area contributed by atoms with E-state index in [0.29, 0.717) is 0 Å². The molecule has 0 aromatic heterocycles. The molecule has 0 unspecified atom stereocenters. The number of aliphatic hydroxyl groups is 1. The number of benzene rings is 1. The molecule has 0 saturated heterocycles. The standard InChI is InChI=1S/C10H9F5O2/c11-7-1-2-8(6(3-7)4-16)17-5-10(14,15)9(12)13/h1-3,9,16H,4-5H2. The van der Waals surface area contributed by atoms with E-state index in [1.54, 1.807) is 0 Å². The topological polar surface area (TPSA) is 29.5 Å². The van der Waals surface area contributed by atoms with Gasteiger partial charge in [0.2, 0.25) is 0 Å². The molecular formula is C10H9F5O2. The van der Waals surface area contributed by atoms with Gasteiger partial charge in [-0.15, -0.1) is 0 Å². The van der Waals surface area contributed by atoms with Gasteiger partial charge in [-0.3, -0.25) is 0 Å². The molecule has 96 valence electrons. The maximum Gasteiger partial charge on any atom is 0.340 e. The fourth-order valence-corrected chi connectivity index (χ4v) is 1.05. The van der Waals surface area contributed by atoms with Crippen LogP contribution in [0.3, 0.4) is 0 Å². The Kier molecular flexibility index (Phi) is 4.28. The van der Waals surface area contributed by atoms with Crippen LogP contribution in [0.15, 0.2) is 18.2 Å². The van der Waals surface area contributed by atoms with E-state index >= 15 is 0 Å². The molecule has 0 atom stereocenters. The quantitative estimate of drug-likeness (QED) is 0.820. The van der Waals surface area contributed by atoms with Crippen LogP contribution >= 0.6 is 0 Å². The molecule has 0 heterocycles. The molecular weight excluding hydrogens is 247 g/mol. The van der Waals surface area contributed by atoms with Gasteiger partial charge in [0.05, 0.1) is 6.61 Å². The van der Waals surface area contributed by atoms with Gasteiger partial charge in [-0.05, 0) is 18.2 Å². The maximum absolute atomic E-state index is 12.7. The first kappa shape index (κ1) is 13.7. The van der Waals surface area contributed by atoms with Crippen molar-refractivity contribution in [1.82, 2.24) is 0 Å². The Balaban J connectivity index is 2.76. The van der Waals surface area contributed by atoms with Crippen LogP contribution in [0.2, 0.25) is 0 Å². The van der Waals surface area contributed by atoms with E-state index < -0.39 is 31.4 Å². The fourth-order valence-electron chi connectivity index (χ4n) is 1.05. The van der Waals surface area contributed by atoms with Crippen molar-refractivity contribution < 1.29 is 31.8 Å². The Labute approximate surface area is 93.6 Å². The molecule has 0 fully saturated rings. The highest BCUT2D eigenvalue weighted by Gasteiger charge is 2.41. The van der Waals surface area contributed by atoms with Crippen molar-refractivity contribution in [3.8, 4) is 5.75 Å². The van der Waals surface area contributed by atoms with Crippen LogP contribution in [-0.4, -0.2) is 24.1 Å². The van der Waals surface area contributed by atoms with Crippen molar-refractivity contribution in [3.63, 3.8) is 0 Å². The second-order valence-electron chi connectivity index (χ2n) is 3.26. The smallest absolute Gasteiger partial charge is 0.340 e. The molecule has 0 amide bonds. The molecule has 0 aliphatic heterocycles. The minimum Gasteiger partial charge on any atom is -0.487 e. The van der Waals surface area contributed by atoms with E-state index in [1.807, 2.05) is 0 Å². The minimum atomic E-state index is -4.29. The van der Waals surface area contributed by atoms with Gasteiger partial charge >= 0.3 is 12.3 Å². The summed E-state index contributed by atoms with van der Waals surface area (Å²) in [7, 11) is 0. The zero-order valence-electron chi connectivity index (χ0n) is 8.47. The Hall–Kier alpha value is -1.37. The number of halogens is 5. The zero-order valence-corrected chi connectivity index (χ0v) is 8.47. The summed E-state index contributed by atoms with van der Waals surface area (Å²) >= 11 is 0. The minimum absolute atomic E-state index is 0.0879. The highest BCUT2D eigenvalue weighted by molar-refractivity contribution is 5.33. The molecule has 0 radical (unpaired) electrons. The molecule has 0 saturated carbocycles. The second kappa shape index (κ2) is 5.31. The normalized spacial score (nSPS) is 11.9. The predicted molar refractivity (Wildman–Crippen MR) is 48.8 cm³/mol. The first-order chi connectivity index (χ1) is 7.86. The lowest BCUT2D eigenvalue weighted by Crippen LogP contribution is -2.33. The SMILES string of the molecule is OCc1cc(F)ccc1OCC(F)(F)C(F)F. The molecule has 1 aromatic rings. The van der Waals surface area contributed by atoms with E-state index in [9.17, 15) is 22.0 Å². The molecule has 17 heavy (non-hydrogen) atoms. The van der Waals surface area contributed by atoms with Crippen molar-refractivity contribution in [1.29, 1.82) is 0 Å². The largest absolute Gasteiger partial charge is 0.487 e. The van der Waals surface area contributed by atoms with Crippen molar-refractivity contribution >= 4 is 0 Å². The van der Waals surface area contributed by atoms with Crippen LogP contribution in [-0.2, 0) is 6.61 Å². The predicted octanol–water partition coefficient (Wildman–Crippen LogP) is 2.60. The summed E-state index contributed by atoms with van der Waals surface area (Å²) < 4.78 is 65.9. The molecule has 1 N–H and O–H groups in total. The molecule has 2 nitrogen and oxygen atoms in total. The average molecular weight is 256 g/mol. The first-order valence-electron chi connectivity index (χ1n) is 4.55. The van der Waals surface area contributed by atoms with Crippen LogP contribution in [0.1, 0.15) is 5.56 Å². The molecule has 1 aromatic carbocycles. The molecule has 0 spiro atoms. The summed E-state index contributed by atoms with van der Waals surface area (Å²) in [4.78, 5) is 0. The molecule has 0 aliphatic rings. The van der Waals surface area contributed by atoms with E-state index in [4.69, 9.17) is 5.11 Å². The van der Waals surface area contributed by atoms with Gasteiger partial charge in [-0.2, -0.15) is 8.78 Å². The van der Waals surface area contributed by atoms with E-state index in [1.165, 1.54) is 0 Å². The van der Waals surface area contributed by atoms with Crippen molar-refractivity contribution in [3.05, 3.63) is 29.6 Å². The number of hydrogen-bond donors (Lipinski definition) is 1. The van der Waals surface area contributed by atoms with Gasteiger partial charge in [-0.1, -0.05) is 0 Å². The number of ether oxygens (including phenoxy) is 1. The van der Waals surface area contributed by atoms with E-state index in [2.05, 4.69) is 4.74 Å². The van der Waals surface area contributed by atoms with E-state index in [-0.39, 0.29) is 11.3 Å². The van der Waals surface area contributed by atoms with Gasteiger partial charge in [-0.25, -0.2) is 13.2 Å². The maximum atomic E-state index is 12.7. The molecule has 0 bridgehead atoms. The zero-order chi connectivity index (χ0) is 13.1. The highest BCUT2D eigenvalue weighted by atomic mass is 19.3. The van der Waals surface area contributed by atoms with E-state index in [0.717, 1.165) is 18.2 Å². The van der Waals surface area contributed by atoms with Crippen LogP contribution in [0, 0.1) is 5.82 Å². The van der Waals surface area contributed by atoms with Crippen molar-refractivity contribution in [2.45, 2.75) is 19.0 Å². The first-order valence-corrected chi connectivity index (χ1v) is 4.55. The molecule has 7 heteroatoms. The molecule has 0 aliphatic carbocycles. The highest BCUT2D eigenvalue weighted by Crippen LogP contribution is 2.26. The monoisotopic (exact) mass is 256 g/mol. The Morgan fingerprint density at radius 1 is 1.29 bits per heavy atom. The van der Waals surface area contributed by atoms with Crippen molar-refractivity contribution in [2.24, 2.45) is 0 Å². The third-order valence-electron chi connectivity index (χ3n) is 1.93. The van der Waals surface area contributed by atoms with Gasteiger partial charge in [0.15, 0.2) is 6.61 Å². The Morgan fingerprint density at radius 3 is 2.47 bits per heavy atom. The van der Waals surface area contributed by atoms with Gasteiger partial charge in [0.1, 0.15) is 11.6 Å². The lowest BCUT2D eigenvalue weighted by molar-refractivity contribution is -0.148. The van der Waals surface area contributed by atoms with Crippen LogP contribution in [0.25, 0.3) is 0 Å². The van der Waals surface area contributed by atoms with Crippen LogP contribution in [0.4, 0.5) is 22.0 Å². The van der Waals surface area contributed by atoms with Gasteiger partial charge < -0.3 is 9.84 Å². The lowest BCUT2D eigenvalue weighted by atomic mass is 10.2. The summed E-state index contributed by atoms with van der Waals surface area (Å²) in [5, 5.41) is 8.80. The van der Waals surface area contributed by atoms with Crippen LogP contribution < -0.4 is 4.74 Å². The lowest BCUT2D eigenvalue weighted by Gasteiger charge is -2.17. The number of alkyl halides is 4. The van der Waals surface area contributed by atoms with Crippen molar-refractivity contribution in [2.75, 3.05) is 6.61 Å². The third kappa shape index (κ3) is 3.55. The Morgan fingerprint density at radius 2 is 1.94 bits per heavy atom. The summed E-state index contributed by atoms with van der Waals surface area (Å²) in [5.41, 5.74) is -0.0879. The Bertz CT molecular complexity index is 381. The number of rotatable bonds is 5. The summed E-state index contributed by atoms with van der Waals surface area (Å²) in [6.07, 6.45) is -3.85. The number of hydrogen-bond acceptors (Lipinski definition) is 2. The van der Waals surface area contributed by atoms with Gasteiger partial charge in [0.25, 0.3) is 0 Å². The number of aliphatic hydroxyl groups excluding tert-OH is 1. The second-order valence-corrected chi connectivity index (χ2v) is 3.26.